The molecule has 0 bridgehead atoms. The van der Waals surface area contributed by atoms with Gasteiger partial charge in [-0.3, -0.25) is 0 Å². The van der Waals surface area contributed by atoms with Crippen LogP contribution in [0.5, 0.6) is 11.5 Å². The molecule has 2 aromatic rings. The molecule has 0 radical (unpaired) electrons. The summed E-state index contributed by atoms with van der Waals surface area (Å²) in [6.45, 7) is 3.50. The van der Waals surface area contributed by atoms with E-state index in [1.165, 1.54) is 68.3 Å². The standard InChI is InChI=1S/C28H45N2O4S/c1-5-6-7-8-9-10-11-12-13-14-20-34-27-18-17-25(21-28(27)33-3)23-30(35(4,31)32)24-26-16-15-19-29(2)22-26/h15-19,21-22H,5-14,20,23-24H2,1-4H3/q+1. The Hall–Kier alpha value is -2.12. The molecular weight excluding hydrogens is 460 g/mol. The van der Waals surface area contributed by atoms with E-state index in [-0.39, 0.29) is 6.54 Å². The molecule has 0 saturated heterocycles. The molecular formula is C28H45N2O4S+. The Balaban J connectivity index is 1.82. The number of rotatable bonds is 18. The Morgan fingerprint density at radius 1 is 0.857 bits per heavy atom. The lowest BCUT2D eigenvalue weighted by molar-refractivity contribution is -0.672. The number of unbranched alkanes of at least 4 members (excludes halogenated alkanes) is 9. The molecule has 0 fully saturated rings. The monoisotopic (exact) mass is 505 g/mol. The van der Waals surface area contributed by atoms with E-state index in [2.05, 4.69) is 6.92 Å². The molecule has 1 aromatic carbocycles. The quantitative estimate of drug-likeness (QED) is 0.190. The summed E-state index contributed by atoms with van der Waals surface area (Å²) in [6.07, 6.45) is 18.0. The highest BCUT2D eigenvalue weighted by Gasteiger charge is 2.19. The van der Waals surface area contributed by atoms with Gasteiger partial charge < -0.3 is 9.47 Å². The zero-order chi connectivity index (χ0) is 25.5. The molecule has 0 saturated carbocycles. The van der Waals surface area contributed by atoms with Gasteiger partial charge in [-0.2, -0.15) is 4.31 Å². The predicted octanol–water partition coefficient (Wildman–Crippen LogP) is 5.78. The van der Waals surface area contributed by atoms with Crippen LogP contribution in [0, 0.1) is 0 Å². The van der Waals surface area contributed by atoms with Gasteiger partial charge in [-0.15, -0.1) is 0 Å². The van der Waals surface area contributed by atoms with Gasteiger partial charge >= 0.3 is 0 Å². The van der Waals surface area contributed by atoms with Crippen molar-refractivity contribution in [1.29, 1.82) is 0 Å². The molecule has 1 heterocycles. The third-order valence-corrected chi connectivity index (χ3v) is 7.37. The van der Waals surface area contributed by atoms with Crippen LogP contribution in [0.2, 0.25) is 0 Å². The Bertz CT molecular complexity index is 979. The van der Waals surface area contributed by atoms with Crippen molar-refractivity contribution in [2.24, 2.45) is 7.05 Å². The van der Waals surface area contributed by atoms with Crippen LogP contribution in [0.4, 0.5) is 0 Å². The third-order valence-electron chi connectivity index (χ3n) is 6.17. The number of aryl methyl sites for hydroxylation is 1. The number of hydrogen-bond acceptors (Lipinski definition) is 4. The Kier molecular flexibility index (Phi) is 13.1. The van der Waals surface area contributed by atoms with Crippen molar-refractivity contribution in [2.75, 3.05) is 20.0 Å². The van der Waals surface area contributed by atoms with E-state index in [4.69, 9.17) is 9.47 Å². The van der Waals surface area contributed by atoms with Gasteiger partial charge in [0.05, 0.1) is 20.0 Å². The number of methoxy groups -OCH3 is 1. The fraction of sp³-hybridized carbons (Fsp3) is 0.607. The molecule has 1 aromatic heterocycles. The first-order valence-electron chi connectivity index (χ1n) is 13.0. The number of ether oxygens (including phenoxy) is 2. The van der Waals surface area contributed by atoms with Crippen molar-refractivity contribution in [3.05, 3.63) is 53.9 Å². The van der Waals surface area contributed by atoms with Gasteiger partial charge in [-0.25, -0.2) is 13.0 Å². The van der Waals surface area contributed by atoms with Gasteiger partial charge in [0.2, 0.25) is 10.0 Å². The summed E-state index contributed by atoms with van der Waals surface area (Å²) in [7, 11) is 0.155. The van der Waals surface area contributed by atoms with E-state index in [9.17, 15) is 8.42 Å². The van der Waals surface area contributed by atoms with E-state index in [0.29, 0.717) is 24.7 Å². The number of pyridine rings is 1. The smallest absolute Gasteiger partial charge is 0.211 e. The Morgan fingerprint density at radius 2 is 1.49 bits per heavy atom. The summed E-state index contributed by atoms with van der Waals surface area (Å²) < 4.78 is 39.8. The fourth-order valence-electron chi connectivity index (χ4n) is 4.14. The second-order valence-electron chi connectivity index (χ2n) is 9.42. The highest BCUT2D eigenvalue weighted by molar-refractivity contribution is 7.88. The van der Waals surface area contributed by atoms with Crippen molar-refractivity contribution in [2.45, 2.75) is 84.2 Å². The molecule has 6 nitrogen and oxygen atoms in total. The molecule has 0 unspecified atom stereocenters. The van der Waals surface area contributed by atoms with Crippen molar-refractivity contribution in [1.82, 2.24) is 4.31 Å². The minimum absolute atomic E-state index is 0.270. The number of aromatic nitrogens is 1. The molecule has 0 aliphatic heterocycles. The van der Waals surface area contributed by atoms with E-state index < -0.39 is 10.0 Å². The molecule has 0 spiro atoms. The molecule has 0 atom stereocenters. The van der Waals surface area contributed by atoms with Gasteiger partial charge in [0.25, 0.3) is 0 Å². The van der Waals surface area contributed by atoms with Gasteiger partial charge in [0.15, 0.2) is 23.9 Å². The molecule has 7 heteroatoms. The Morgan fingerprint density at radius 3 is 2.09 bits per heavy atom. The minimum atomic E-state index is -3.39. The molecule has 0 aliphatic rings. The van der Waals surface area contributed by atoms with Crippen LogP contribution in [0.1, 0.15) is 82.3 Å². The van der Waals surface area contributed by atoms with Crippen LogP contribution in [-0.4, -0.2) is 32.7 Å². The first-order chi connectivity index (χ1) is 16.8. The average molecular weight is 506 g/mol. The van der Waals surface area contributed by atoms with Crippen molar-refractivity contribution in [3.8, 4) is 11.5 Å². The summed E-state index contributed by atoms with van der Waals surface area (Å²) in [5, 5.41) is 0. The van der Waals surface area contributed by atoms with Crippen LogP contribution in [0.3, 0.4) is 0 Å². The van der Waals surface area contributed by atoms with Crippen LogP contribution >= 0.6 is 0 Å². The van der Waals surface area contributed by atoms with Crippen molar-refractivity contribution in [3.63, 3.8) is 0 Å². The lowest BCUT2D eigenvalue weighted by Crippen LogP contribution is -2.32. The normalized spacial score (nSPS) is 11.7. The highest BCUT2D eigenvalue weighted by Crippen LogP contribution is 2.29. The van der Waals surface area contributed by atoms with E-state index in [1.54, 1.807) is 7.11 Å². The molecule has 0 amide bonds. The van der Waals surface area contributed by atoms with E-state index >= 15 is 0 Å². The average Bonchev–Trinajstić information content (AvgIpc) is 2.82. The summed E-state index contributed by atoms with van der Waals surface area (Å²) in [4.78, 5) is 0. The topological polar surface area (TPSA) is 59.7 Å². The lowest BCUT2D eigenvalue weighted by Gasteiger charge is -2.20. The van der Waals surface area contributed by atoms with Crippen LogP contribution < -0.4 is 14.0 Å². The van der Waals surface area contributed by atoms with Gasteiger partial charge in [0.1, 0.15) is 7.05 Å². The fourth-order valence-corrected chi connectivity index (χ4v) is 4.91. The Labute approximate surface area is 213 Å². The van der Waals surface area contributed by atoms with Crippen LogP contribution in [0.15, 0.2) is 42.7 Å². The summed E-state index contributed by atoms with van der Waals surface area (Å²) >= 11 is 0. The first-order valence-corrected chi connectivity index (χ1v) is 14.9. The number of nitrogens with zero attached hydrogens (tertiary/aromatic N) is 2. The van der Waals surface area contributed by atoms with Crippen LogP contribution in [0.25, 0.3) is 0 Å². The minimum Gasteiger partial charge on any atom is -0.493 e. The molecule has 0 N–H and O–H groups in total. The predicted molar refractivity (Wildman–Crippen MR) is 142 cm³/mol. The maximum atomic E-state index is 12.4. The SMILES string of the molecule is CCCCCCCCCCCCOc1ccc(CN(Cc2ccc[n+](C)c2)S(C)(=O)=O)cc1OC. The maximum Gasteiger partial charge on any atom is 0.211 e. The molecule has 0 aliphatic carbocycles. The van der Waals surface area contributed by atoms with Crippen molar-refractivity contribution >= 4 is 10.0 Å². The zero-order valence-corrected chi connectivity index (χ0v) is 23.0. The molecule has 2 rings (SSSR count). The first kappa shape index (κ1) is 29.1. The summed E-state index contributed by atoms with van der Waals surface area (Å²) in [5.74, 6) is 1.34. The van der Waals surface area contributed by atoms with E-state index in [0.717, 1.165) is 17.5 Å². The second-order valence-corrected chi connectivity index (χ2v) is 11.4. The summed E-state index contributed by atoms with van der Waals surface area (Å²) in [6, 6.07) is 9.52. The molecule has 35 heavy (non-hydrogen) atoms. The maximum absolute atomic E-state index is 12.4. The van der Waals surface area contributed by atoms with Crippen molar-refractivity contribution < 1.29 is 22.5 Å². The number of hydrogen-bond donors (Lipinski definition) is 0. The van der Waals surface area contributed by atoms with Gasteiger partial charge in [-0.05, 0) is 30.2 Å². The number of benzene rings is 1. The summed E-state index contributed by atoms with van der Waals surface area (Å²) in [5.41, 5.74) is 1.79. The number of sulfonamides is 1. The van der Waals surface area contributed by atoms with Gasteiger partial charge in [0, 0.05) is 24.7 Å². The highest BCUT2D eigenvalue weighted by atomic mass is 32.2. The molecule has 196 valence electrons. The third kappa shape index (κ3) is 11.4. The van der Waals surface area contributed by atoms with Gasteiger partial charge in [-0.1, -0.05) is 70.8 Å². The van der Waals surface area contributed by atoms with Crippen LogP contribution in [-0.2, 0) is 30.2 Å². The second kappa shape index (κ2) is 15.8. The largest absolute Gasteiger partial charge is 0.493 e. The zero-order valence-electron chi connectivity index (χ0n) is 22.2. The lowest BCUT2D eigenvalue weighted by atomic mass is 10.1. The van der Waals surface area contributed by atoms with E-state index in [1.807, 2.05) is 54.3 Å².